The van der Waals surface area contributed by atoms with Crippen LogP contribution in [0.5, 0.6) is 0 Å². The number of hydrogen-bond donors (Lipinski definition) is 1. The summed E-state index contributed by atoms with van der Waals surface area (Å²) in [4.78, 5) is 40.6. The summed E-state index contributed by atoms with van der Waals surface area (Å²) in [6, 6.07) is 6.64. The number of piperidine rings is 1. The number of halogens is 1. The number of likely N-dealkylation sites (tertiary alicyclic amines) is 1. The van der Waals surface area contributed by atoms with Crippen molar-refractivity contribution >= 4 is 35.2 Å². The zero-order valence-electron chi connectivity index (χ0n) is 17.2. The number of carbonyl (C=O) groups is 3. The molecule has 160 valence electrons. The lowest BCUT2D eigenvalue weighted by molar-refractivity contribution is -0.151. The van der Waals surface area contributed by atoms with E-state index in [1.54, 1.807) is 41.0 Å². The van der Waals surface area contributed by atoms with E-state index in [-0.39, 0.29) is 30.2 Å². The van der Waals surface area contributed by atoms with E-state index >= 15 is 0 Å². The van der Waals surface area contributed by atoms with E-state index in [2.05, 4.69) is 5.32 Å². The summed E-state index contributed by atoms with van der Waals surface area (Å²) < 4.78 is 5.09. The Morgan fingerprint density at radius 3 is 2.59 bits per heavy atom. The molecule has 1 aromatic rings. The molecule has 1 heterocycles. The molecule has 1 aliphatic heterocycles. The first-order chi connectivity index (χ1) is 13.9. The highest BCUT2D eigenvalue weighted by Gasteiger charge is 2.29. The number of carbonyl (C=O) groups excluding carboxylic acids is 3. The van der Waals surface area contributed by atoms with Crippen LogP contribution in [0.25, 0.3) is 0 Å². The van der Waals surface area contributed by atoms with Crippen LogP contribution in [0.3, 0.4) is 0 Å². The number of amides is 3. The van der Waals surface area contributed by atoms with Crippen LogP contribution in [-0.4, -0.2) is 60.5 Å². The zero-order valence-corrected chi connectivity index (χ0v) is 17.9. The fourth-order valence-electron chi connectivity index (χ4n) is 3.37. The smallest absolute Gasteiger partial charge is 0.321 e. The minimum absolute atomic E-state index is 0.0422. The highest BCUT2D eigenvalue weighted by atomic mass is 35.5. The Kier molecular flexibility index (Phi) is 9.25. The van der Waals surface area contributed by atoms with E-state index in [1.807, 2.05) is 6.92 Å². The third kappa shape index (κ3) is 7.24. The van der Waals surface area contributed by atoms with Gasteiger partial charge in [0.2, 0.25) is 5.91 Å². The van der Waals surface area contributed by atoms with Crippen molar-refractivity contribution in [1.29, 1.82) is 0 Å². The molecule has 1 unspecified atom stereocenters. The van der Waals surface area contributed by atoms with Gasteiger partial charge in [-0.1, -0.05) is 18.5 Å². The number of ether oxygens (including phenoxy) is 1. The van der Waals surface area contributed by atoms with E-state index in [0.717, 1.165) is 19.3 Å². The van der Waals surface area contributed by atoms with E-state index in [1.165, 1.54) is 0 Å². The molecule has 29 heavy (non-hydrogen) atoms. The monoisotopic (exact) mass is 423 g/mol. The maximum absolute atomic E-state index is 12.7. The molecular weight excluding hydrogens is 394 g/mol. The van der Waals surface area contributed by atoms with Crippen LogP contribution in [-0.2, 0) is 14.3 Å². The van der Waals surface area contributed by atoms with Crippen molar-refractivity contribution in [3.8, 4) is 0 Å². The van der Waals surface area contributed by atoms with Crippen molar-refractivity contribution in [3.63, 3.8) is 0 Å². The summed E-state index contributed by atoms with van der Waals surface area (Å²) in [7, 11) is 0. The molecule has 0 bridgehead atoms. The molecule has 0 aliphatic carbocycles. The van der Waals surface area contributed by atoms with Crippen LogP contribution < -0.4 is 5.32 Å². The number of urea groups is 1. The summed E-state index contributed by atoms with van der Waals surface area (Å²) >= 11 is 5.87. The standard InChI is InChI=1S/C21H30ClN3O4/c1-3-12-24(21(28)23-18-9-7-17(22)8-10-18)14-11-19(26)25-13-5-6-16(15-25)20(27)29-4-2/h7-10,16H,3-6,11-15H2,1-2H3,(H,23,28). The lowest BCUT2D eigenvalue weighted by Crippen LogP contribution is -2.44. The molecule has 1 aromatic carbocycles. The Morgan fingerprint density at radius 2 is 1.93 bits per heavy atom. The van der Waals surface area contributed by atoms with Crippen molar-refractivity contribution in [2.24, 2.45) is 5.92 Å². The number of benzene rings is 1. The second kappa shape index (κ2) is 11.7. The number of hydrogen-bond acceptors (Lipinski definition) is 4. The van der Waals surface area contributed by atoms with Gasteiger partial charge in [0.15, 0.2) is 0 Å². The Morgan fingerprint density at radius 1 is 1.21 bits per heavy atom. The average Bonchev–Trinajstić information content (AvgIpc) is 2.72. The van der Waals surface area contributed by atoms with Gasteiger partial charge in [0.05, 0.1) is 12.5 Å². The Labute approximate surface area is 177 Å². The van der Waals surface area contributed by atoms with Crippen molar-refractivity contribution < 1.29 is 19.1 Å². The largest absolute Gasteiger partial charge is 0.466 e. The lowest BCUT2D eigenvalue weighted by atomic mass is 9.98. The quantitative estimate of drug-likeness (QED) is 0.645. The van der Waals surface area contributed by atoms with Crippen LogP contribution in [0, 0.1) is 5.92 Å². The maximum Gasteiger partial charge on any atom is 0.321 e. The normalized spacial score (nSPS) is 16.2. The number of anilines is 1. The molecule has 0 spiro atoms. The molecule has 1 fully saturated rings. The predicted molar refractivity (Wildman–Crippen MR) is 113 cm³/mol. The van der Waals surface area contributed by atoms with Crippen molar-refractivity contribution in [2.75, 3.05) is 38.1 Å². The highest BCUT2D eigenvalue weighted by Crippen LogP contribution is 2.19. The van der Waals surface area contributed by atoms with Gasteiger partial charge in [0, 0.05) is 43.3 Å². The van der Waals surface area contributed by atoms with Gasteiger partial charge in [-0.3, -0.25) is 9.59 Å². The first kappa shape index (κ1) is 23.0. The number of nitrogens with one attached hydrogen (secondary N) is 1. The summed E-state index contributed by atoms with van der Waals surface area (Å²) in [5.74, 6) is -0.535. The van der Waals surface area contributed by atoms with Gasteiger partial charge in [-0.15, -0.1) is 0 Å². The van der Waals surface area contributed by atoms with Gasteiger partial charge in [0.1, 0.15) is 0 Å². The number of rotatable bonds is 8. The maximum atomic E-state index is 12.7. The van der Waals surface area contributed by atoms with Crippen molar-refractivity contribution in [3.05, 3.63) is 29.3 Å². The van der Waals surface area contributed by atoms with E-state index < -0.39 is 0 Å². The highest BCUT2D eigenvalue weighted by molar-refractivity contribution is 6.30. The molecule has 1 aliphatic rings. The Balaban J connectivity index is 1.88. The van der Waals surface area contributed by atoms with E-state index in [9.17, 15) is 14.4 Å². The topological polar surface area (TPSA) is 79.0 Å². The lowest BCUT2D eigenvalue weighted by Gasteiger charge is -2.32. The first-order valence-electron chi connectivity index (χ1n) is 10.2. The fourth-order valence-corrected chi connectivity index (χ4v) is 3.49. The second-order valence-corrected chi connectivity index (χ2v) is 7.54. The average molecular weight is 424 g/mol. The summed E-state index contributed by atoms with van der Waals surface area (Å²) in [5, 5.41) is 3.43. The molecular formula is C21H30ClN3O4. The zero-order chi connectivity index (χ0) is 21.2. The van der Waals surface area contributed by atoms with Crippen LogP contribution in [0.15, 0.2) is 24.3 Å². The van der Waals surface area contributed by atoms with Gasteiger partial charge < -0.3 is 19.9 Å². The molecule has 0 saturated carbocycles. The number of esters is 1. The first-order valence-corrected chi connectivity index (χ1v) is 10.6. The molecule has 3 amide bonds. The minimum Gasteiger partial charge on any atom is -0.466 e. The van der Waals surface area contributed by atoms with Gasteiger partial charge in [0.25, 0.3) is 0 Å². The summed E-state index contributed by atoms with van der Waals surface area (Å²) in [6.45, 7) is 6.02. The molecule has 1 N–H and O–H groups in total. The Hall–Kier alpha value is -2.28. The van der Waals surface area contributed by atoms with Crippen LogP contribution in [0.4, 0.5) is 10.5 Å². The molecule has 7 nitrogen and oxygen atoms in total. The fraction of sp³-hybridized carbons (Fsp3) is 0.571. The van der Waals surface area contributed by atoms with E-state index in [0.29, 0.717) is 43.5 Å². The minimum atomic E-state index is -0.257. The molecule has 1 saturated heterocycles. The predicted octanol–water partition coefficient (Wildman–Crippen LogP) is 3.78. The summed E-state index contributed by atoms with van der Waals surface area (Å²) in [5.41, 5.74) is 0.653. The van der Waals surface area contributed by atoms with Crippen LogP contribution >= 0.6 is 11.6 Å². The van der Waals surface area contributed by atoms with Crippen LogP contribution in [0.2, 0.25) is 5.02 Å². The molecule has 0 aromatic heterocycles. The molecule has 0 radical (unpaired) electrons. The molecule has 1 atom stereocenters. The van der Waals surface area contributed by atoms with Crippen molar-refractivity contribution in [1.82, 2.24) is 9.80 Å². The van der Waals surface area contributed by atoms with Gasteiger partial charge in [-0.05, 0) is 50.5 Å². The van der Waals surface area contributed by atoms with Gasteiger partial charge >= 0.3 is 12.0 Å². The van der Waals surface area contributed by atoms with E-state index in [4.69, 9.17) is 16.3 Å². The Bertz CT molecular complexity index is 696. The molecule has 8 heteroatoms. The second-order valence-electron chi connectivity index (χ2n) is 7.11. The third-order valence-corrected chi connectivity index (χ3v) is 5.12. The van der Waals surface area contributed by atoms with Gasteiger partial charge in [-0.2, -0.15) is 0 Å². The third-order valence-electron chi connectivity index (χ3n) is 4.87. The van der Waals surface area contributed by atoms with Gasteiger partial charge in [-0.25, -0.2) is 4.79 Å². The molecule has 2 rings (SSSR count). The van der Waals surface area contributed by atoms with Crippen molar-refractivity contribution in [2.45, 2.75) is 39.5 Å². The number of nitrogens with zero attached hydrogens (tertiary/aromatic N) is 2. The summed E-state index contributed by atoms with van der Waals surface area (Å²) in [6.07, 6.45) is 2.54. The van der Waals surface area contributed by atoms with Crippen LogP contribution in [0.1, 0.15) is 39.5 Å². The SMILES string of the molecule is CCCN(CCC(=O)N1CCCC(C(=O)OCC)C1)C(=O)Nc1ccc(Cl)cc1.